The average Bonchev–Trinajstić information content (AvgIpc) is 2.39. The van der Waals surface area contributed by atoms with Crippen LogP contribution >= 0.6 is 0 Å². The molecule has 0 bridgehead atoms. The quantitative estimate of drug-likeness (QED) is 0.780. The van der Waals surface area contributed by atoms with Gasteiger partial charge < -0.3 is 5.32 Å². The van der Waals surface area contributed by atoms with E-state index < -0.39 is 0 Å². The summed E-state index contributed by atoms with van der Waals surface area (Å²) in [5.74, 6) is 3.52. The number of hydrogen-bond donors (Lipinski definition) is 1. The first-order valence-electron chi connectivity index (χ1n) is 6.61. The molecule has 1 aliphatic carbocycles. The fourth-order valence-corrected chi connectivity index (χ4v) is 2.67. The zero-order chi connectivity index (χ0) is 12.1. The summed E-state index contributed by atoms with van der Waals surface area (Å²) in [6.45, 7) is 3.20. The van der Waals surface area contributed by atoms with Crippen LogP contribution in [0.2, 0.25) is 0 Å². The number of aryl methyl sites for hydroxylation is 1. The predicted octanol–water partition coefficient (Wildman–Crippen LogP) is 2.79. The summed E-state index contributed by atoms with van der Waals surface area (Å²) < 4.78 is 0. The van der Waals surface area contributed by atoms with Gasteiger partial charge in [-0.1, -0.05) is 37.1 Å². The maximum Gasteiger partial charge on any atom is 0.0718 e. The predicted molar refractivity (Wildman–Crippen MR) is 72.9 cm³/mol. The van der Waals surface area contributed by atoms with E-state index in [2.05, 4.69) is 42.4 Å². The highest BCUT2D eigenvalue weighted by molar-refractivity contribution is 5.30. The van der Waals surface area contributed by atoms with Gasteiger partial charge in [-0.3, -0.25) is 0 Å². The van der Waals surface area contributed by atoms with Gasteiger partial charge in [0.25, 0.3) is 0 Å². The minimum Gasteiger partial charge on any atom is -0.303 e. The molecular formula is C16H21N. The largest absolute Gasteiger partial charge is 0.303 e. The van der Waals surface area contributed by atoms with Crippen LogP contribution in [0.4, 0.5) is 0 Å². The van der Waals surface area contributed by atoms with Gasteiger partial charge in [-0.05, 0) is 49.3 Å². The third-order valence-corrected chi connectivity index (χ3v) is 3.65. The lowest BCUT2D eigenvalue weighted by Crippen LogP contribution is -2.38. The van der Waals surface area contributed by atoms with E-state index in [0.717, 1.165) is 19.4 Å². The molecule has 1 heteroatoms. The lowest BCUT2D eigenvalue weighted by atomic mass is 9.80. The molecule has 0 aliphatic heterocycles. The molecule has 1 nitrogen and oxygen atoms in total. The molecule has 1 aliphatic rings. The van der Waals surface area contributed by atoms with Gasteiger partial charge in [0.15, 0.2) is 0 Å². The molecular weight excluding hydrogens is 206 g/mol. The standard InChI is InChI=1S/C16H21N/c1-3-11-17-16(4-2)15-10-9-13-7-5-6-8-14(13)12-15/h2,5-8,15-17H,3,9-12H2,1H3. The lowest BCUT2D eigenvalue weighted by Gasteiger charge is -2.29. The van der Waals surface area contributed by atoms with E-state index in [-0.39, 0.29) is 6.04 Å². The molecule has 0 amide bonds. The Labute approximate surface area is 105 Å². The monoisotopic (exact) mass is 227 g/mol. The number of hydrogen-bond acceptors (Lipinski definition) is 1. The minimum absolute atomic E-state index is 0.239. The van der Waals surface area contributed by atoms with Gasteiger partial charge in [0.1, 0.15) is 0 Å². The van der Waals surface area contributed by atoms with E-state index in [1.807, 2.05) is 0 Å². The second-order valence-corrected chi connectivity index (χ2v) is 4.87. The molecule has 0 heterocycles. The highest BCUT2D eigenvalue weighted by Gasteiger charge is 2.24. The van der Waals surface area contributed by atoms with Crippen molar-refractivity contribution in [3.8, 4) is 12.3 Å². The molecule has 0 fully saturated rings. The van der Waals surface area contributed by atoms with Crippen molar-refractivity contribution in [2.75, 3.05) is 6.54 Å². The fourth-order valence-electron chi connectivity index (χ4n) is 2.67. The van der Waals surface area contributed by atoms with Gasteiger partial charge in [0, 0.05) is 0 Å². The number of rotatable bonds is 4. The third kappa shape index (κ3) is 2.90. The highest BCUT2D eigenvalue weighted by atomic mass is 14.9. The number of benzene rings is 1. The molecule has 0 saturated heterocycles. The maximum absolute atomic E-state index is 5.65. The zero-order valence-electron chi connectivity index (χ0n) is 10.6. The molecule has 90 valence electrons. The van der Waals surface area contributed by atoms with Crippen molar-refractivity contribution in [1.29, 1.82) is 0 Å². The van der Waals surface area contributed by atoms with Crippen LogP contribution in [0, 0.1) is 18.3 Å². The lowest BCUT2D eigenvalue weighted by molar-refractivity contribution is 0.373. The highest BCUT2D eigenvalue weighted by Crippen LogP contribution is 2.27. The van der Waals surface area contributed by atoms with Gasteiger partial charge in [-0.25, -0.2) is 0 Å². The maximum atomic E-state index is 5.65. The van der Waals surface area contributed by atoms with Crippen LogP contribution in [0.25, 0.3) is 0 Å². The smallest absolute Gasteiger partial charge is 0.0718 e. The Morgan fingerprint density at radius 3 is 2.88 bits per heavy atom. The van der Waals surface area contributed by atoms with E-state index >= 15 is 0 Å². The first-order chi connectivity index (χ1) is 8.35. The van der Waals surface area contributed by atoms with Crippen LogP contribution in [0.15, 0.2) is 24.3 Å². The first-order valence-corrected chi connectivity index (χ1v) is 6.61. The Morgan fingerprint density at radius 1 is 1.41 bits per heavy atom. The molecule has 1 aromatic rings. The number of terminal acetylenes is 1. The van der Waals surface area contributed by atoms with Crippen molar-refractivity contribution in [2.45, 2.75) is 38.6 Å². The van der Waals surface area contributed by atoms with Gasteiger partial charge in [-0.2, -0.15) is 0 Å². The second kappa shape index (κ2) is 5.89. The van der Waals surface area contributed by atoms with Crippen molar-refractivity contribution in [3.05, 3.63) is 35.4 Å². The number of nitrogens with one attached hydrogen (secondary N) is 1. The minimum atomic E-state index is 0.239. The summed E-state index contributed by atoms with van der Waals surface area (Å²) in [4.78, 5) is 0. The van der Waals surface area contributed by atoms with Crippen molar-refractivity contribution in [2.24, 2.45) is 5.92 Å². The Kier molecular flexibility index (Phi) is 4.23. The van der Waals surface area contributed by atoms with Crippen LogP contribution in [0.3, 0.4) is 0 Å². The Morgan fingerprint density at radius 2 is 2.18 bits per heavy atom. The van der Waals surface area contributed by atoms with Crippen LogP contribution in [-0.2, 0) is 12.8 Å². The SMILES string of the molecule is C#CC(NCCC)C1CCc2ccccc2C1. The Bertz CT molecular complexity index is 402. The van der Waals surface area contributed by atoms with Crippen LogP contribution in [0.5, 0.6) is 0 Å². The Hall–Kier alpha value is -1.26. The van der Waals surface area contributed by atoms with Gasteiger partial charge in [0.05, 0.1) is 6.04 Å². The second-order valence-electron chi connectivity index (χ2n) is 4.87. The van der Waals surface area contributed by atoms with Crippen LogP contribution in [-0.4, -0.2) is 12.6 Å². The summed E-state index contributed by atoms with van der Waals surface area (Å²) in [6.07, 6.45) is 10.3. The third-order valence-electron chi connectivity index (χ3n) is 3.65. The molecule has 0 radical (unpaired) electrons. The van der Waals surface area contributed by atoms with Gasteiger partial charge in [0.2, 0.25) is 0 Å². The van der Waals surface area contributed by atoms with Gasteiger partial charge >= 0.3 is 0 Å². The molecule has 0 spiro atoms. The summed E-state index contributed by atoms with van der Waals surface area (Å²) >= 11 is 0. The normalized spacial score (nSPS) is 20.4. The topological polar surface area (TPSA) is 12.0 Å². The van der Waals surface area contributed by atoms with Crippen molar-refractivity contribution in [1.82, 2.24) is 5.32 Å². The van der Waals surface area contributed by atoms with E-state index in [9.17, 15) is 0 Å². The Balaban J connectivity index is 2.03. The summed E-state index contributed by atoms with van der Waals surface area (Å²) in [6, 6.07) is 8.99. The van der Waals surface area contributed by atoms with Crippen LogP contribution in [0.1, 0.15) is 30.9 Å². The van der Waals surface area contributed by atoms with E-state index in [1.54, 1.807) is 0 Å². The average molecular weight is 227 g/mol. The molecule has 1 N–H and O–H groups in total. The number of fused-ring (bicyclic) bond motifs is 1. The van der Waals surface area contributed by atoms with E-state index in [0.29, 0.717) is 5.92 Å². The van der Waals surface area contributed by atoms with E-state index in [4.69, 9.17) is 6.42 Å². The summed E-state index contributed by atoms with van der Waals surface area (Å²) in [5, 5.41) is 3.48. The zero-order valence-corrected chi connectivity index (χ0v) is 10.6. The molecule has 17 heavy (non-hydrogen) atoms. The molecule has 1 aromatic carbocycles. The molecule has 2 atom stereocenters. The summed E-state index contributed by atoms with van der Waals surface area (Å²) in [5.41, 5.74) is 3.00. The first kappa shape index (κ1) is 12.2. The fraction of sp³-hybridized carbons (Fsp3) is 0.500. The van der Waals surface area contributed by atoms with Crippen LogP contribution < -0.4 is 5.32 Å². The van der Waals surface area contributed by atoms with E-state index in [1.165, 1.54) is 24.0 Å². The van der Waals surface area contributed by atoms with Crippen molar-refractivity contribution < 1.29 is 0 Å². The molecule has 2 rings (SSSR count). The molecule has 0 aromatic heterocycles. The molecule has 2 unspecified atom stereocenters. The molecule has 0 saturated carbocycles. The van der Waals surface area contributed by atoms with Gasteiger partial charge in [-0.15, -0.1) is 6.42 Å². The van der Waals surface area contributed by atoms with Crippen molar-refractivity contribution >= 4 is 0 Å². The van der Waals surface area contributed by atoms with Crippen molar-refractivity contribution in [3.63, 3.8) is 0 Å². The summed E-state index contributed by atoms with van der Waals surface area (Å²) in [7, 11) is 0.